The SMILES string of the molecule is CC(C)CC(C(=O)OCc1ccccc1)N1C(=O)C(N=[N+]=[N-])C1c1ccccc1. The molecule has 0 spiro atoms. The van der Waals surface area contributed by atoms with Gasteiger partial charge >= 0.3 is 5.97 Å². The highest BCUT2D eigenvalue weighted by molar-refractivity contribution is 5.94. The summed E-state index contributed by atoms with van der Waals surface area (Å²) >= 11 is 0. The second-order valence-corrected chi connectivity index (χ2v) is 7.49. The van der Waals surface area contributed by atoms with Gasteiger partial charge in [-0.25, -0.2) is 4.79 Å². The van der Waals surface area contributed by atoms with E-state index in [9.17, 15) is 9.59 Å². The first-order valence-corrected chi connectivity index (χ1v) is 9.64. The third-order valence-corrected chi connectivity index (χ3v) is 4.95. The van der Waals surface area contributed by atoms with Crippen LogP contribution in [0.1, 0.15) is 37.4 Å². The van der Waals surface area contributed by atoms with Gasteiger partial charge in [0.25, 0.3) is 0 Å². The number of carbonyl (C=O) groups excluding carboxylic acids is 2. The van der Waals surface area contributed by atoms with Crippen LogP contribution < -0.4 is 0 Å². The van der Waals surface area contributed by atoms with Crippen molar-refractivity contribution in [3.05, 3.63) is 82.2 Å². The Balaban J connectivity index is 1.84. The number of nitrogens with zero attached hydrogens (tertiary/aromatic N) is 4. The molecule has 7 heteroatoms. The lowest BCUT2D eigenvalue weighted by atomic mass is 9.85. The van der Waals surface area contributed by atoms with Crippen molar-refractivity contribution in [3.63, 3.8) is 0 Å². The number of amides is 1. The van der Waals surface area contributed by atoms with Crippen molar-refractivity contribution in [1.29, 1.82) is 0 Å². The van der Waals surface area contributed by atoms with Crippen LogP contribution >= 0.6 is 0 Å². The van der Waals surface area contributed by atoms with Crippen LogP contribution in [0.25, 0.3) is 10.4 Å². The third kappa shape index (κ3) is 4.58. The molecule has 3 rings (SSSR count). The molecule has 3 unspecified atom stereocenters. The van der Waals surface area contributed by atoms with Gasteiger partial charge in [-0.1, -0.05) is 79.6 Å². The molecule has 1 aliphatic rings. The zero-order valence-electron chi connectivity index (χ0n) is 16.5. The van der Waals surface area contributed by atoms with E-state index in [-0.39, 0.29) is 18.4 Å². The zero-order chi connectivity index (χ0) is 20.8. The van der Waals surface area contributed by atoms with Crippen LogP contribution in [0, 0.1) is 5.92 Å². The van der Waals surface area contributed by atoms with E-state index in [4.69, 9.17) is 10.3 Å². The van der Waals surface area contributed by atoms with Gasteiger partial charge in [0.15, 0.2) is 0 Å². The molecule has 0 bridgehead atoms. The number of azide groups is 1. The van der Waals surface area contributed by atoms with Crippen LogP contribution in [0.15, 0.2) is 65.8 Å². The molecular weight excluding hydrogens is 368 g/mol. The normalized spacial score (nSPS) is 19.3. The number of likely N-dealkylation sites (tertiary alicyclic amines) is 1. The molecule has 150 valence electrons. The summed E-state index contributed by atoms with van der Waals surface area (Å²) < 4.78 is 5.54. The maximum Gasteiger partial charge on any atom is 0.329 e. The van der Waals surface area contributed by atoms with E-state index >= 15 is 0 Å². The minimum atomic E-state index is -0.848. The number of β-lactam (4-membered cyclic amide) rings is 1. The molecular formula is C22H24N4O3. The van der Waals surface area contributed by atoms with E-state index in [1.165, 1.54) is 4.90 Å². The number of hydrogen-bond donors (Lipinski definition) is 0. The topological polar surface area (TPSA) is 95.4 Å². The molecule has 1 fully saturated rings. The Kier molecular flexibility index (Phi) is 6.52. The molecule has 1 amide bonds. The molecule has 2 aromatic rings. The lowest BCUT2D eigenvalue weighted by Crippen LogP contribution is -2.63. The fourth-order valence-corrected chi connectivity index (χ4v) is 3.60. The molecule has 0 aromatic heterocycles. The summed E-state index contributed by atoms with van der Waals surface area (Å²) in [5, 5.41) is 3.67. The van der Waals surface area contributed by atoms with Crippen molar-refractivity contribution in [2.24, 2.45) is 11.0 Å². The van der Waals surface area contributed by atoms with Gasteiger partial charge in [-0.15, -0.1) is 0 Å². The van der Waals surface area contributed by atoms with Crippen molar-refractivity contribution in [2.75, 3.05) is 0 Å². The number of carbonyl (C=O) groups is 2. The second-order valence-electron chi connectivity index (χ2n) is 7.49. The van der Waals surface area contributed by atoms with E-state index in [1.807, 2.05) is 74.5 Å². The molecule has 1 saturated heterocycles. The van der Waals surface area contributed by atoms with Gasteiger partial charge in [0.05, 0.1) is 6.04 Å². The summed E-state index contributed by atoms with van der Waals surface area (Å²) in [4.78, 5) is 30.1. The lowest BCUT2D eigenvalue weighted by molar-refractivity contribution is -0.169. The summed E-state index contributed by atoms with van der Waals surface area (Å²) in [5.74, 6) is -0.623. The molecule has 7 nitrogen and oxygen atoms in total. The van der Waals surface area contributed by atoms with Gasteiger partial charge < -0.3 is 9.64 Å². The molecule has 0 aliphatic carbocycles. The number of rotatable bonds is 8. The standard InChI is InChI=1S/C22H24N4O3/c1-15(2)13-18(22(28)29-14-16-9-5-3-6-10-16)26-20(17-11-7-4-8-12-17)19(21(26)27)24-25-23/h3-12,15,18-20H,13-14H2,1-2H3. The van der Waals surface area contributed by atoms with E-state index < -0.39 is 24.1 Å². The smallest absolute Gasteiger partial charge is 0.329 e. The largest absolute Gasteiger partial charge is 0.459 e. The molecule has 2 aromatic carbocycles. The van der Waals surface area contributed by atoms with Crippen LogP contribution in [0.3, 0.4) is 0 Å². The van der Waals surface area contributed by atoms with E-state index in [2.05, 4.69) is 10.0 Å². The van der Waals surface area contributed by atoms with Gasteiger partial charge in [0, 0.05) is 4.91 Å². The predicted molar refractivity (Wildman–Crippen MR) is 108 cm³/mol. The fraction of sp³-hybridized carbons (Fsp3) is 0.364. The Labute approximate surface area is 169 Å². The van der Waals surface area contributed by atoms with Gasteiger partial charge in [-0.2, -0.15) is 0 Å². The van der Waals surface area contributed by atoms with E-state index in [0.29, 0.717) is 6.42 Å². The Hall–Kier alpha value is -3.31. The van der Waals surface area contributed by atoms with Gasteiger partial charge in [0.2, 0.25) is 5.91 Å². The van der Waals surface area contributed by atoms with Crippen molar-refractivity contribution in [3.8, 4) is 0 Å². The summed E-state index contributed by atoms with van der Waals surface area (Å²) in [5.41, 5.74) is 10.6. The lowest BCUT2D eigenvalue weighted by Gasteiger charge is -2.49. The Morgan fingerprint density at radius 2 is 1.76 bits per heavy atom. The molecule has 0 N–H and O–H groups in total. The molecule has 1 heterocycles. The highest BCUT2D eigenvalue weighted by Gasteiger charge is 2.52. The third-order valence-electron chi connectivity index (χ3n) is 4.95. The van der Waals surface area contributed by atoms with Gasteiger partial charge in [-0.3, -0.25) is 4.79 Å². The first-order chi connectivity index (χ1) is 14.0. The Bertz CT molecular complexity index is 895. The second kappa shape index (κ2) is 9.26. The summed E-state index contributed by atoms with van der Waals surface area (Å²) in [6, 6.07) is 16.7. The first-order valence-electron chi connectivity index (χ1n) is 9.64. The highest BCUT2D eigenvalue weighted by Crippen LogP contribution is 2.40. The highest BCUT2D eigenvalue weighted by atomic mass is 16.5. The maximum atomic E-state index is 13.0. The zero-order valence-corrected chi connectivity index (χ0v) is 16.5. The van der Waals surface area contributed by atoms with Crippen LogP contribution in [-0.4, -0.2) is 28.9 Å². The quantitative estimate of drug-likeness (QED) is 0.219. The Morgan fingerprint density at radius 3 is 2.34 bits per heavy atom. The van der Waals surface area contributed by atoms with Crippen molar-refractivity contribution < 1.29 is 14.3 Å². The minimum absolute atomic E-state index is 0.145. The van der Waals surface area contributed by atoms with Crippen LogP contribution in [-0.2, 0) is 20.9 Å². The molecule has 1 aliphatic heterocycles. The molecule has 3 atom stereocenters. The average molecular weight is 392 g/mol. The van der Waals surface area contributed by atoms with Crippen molar-refractivity contribution in [1.82, 2.24) is 4.90 Å². The molecule has 0 radical (unpaired) electrons. The van der Waals surface area contributed by atoms with Crippen LogP contribution in [0.4, 0.5) is 0 Å². The number of hydrogen-bond acceptors (Lipinski definition) is 4. The van der Waals surface area contributed by atoms with E-state index in [0.717, 1.165) is 11.1 Å². The summed E-state index contributed by atoms with van der Waals surface area (Å²) in [7, 11) is 0. The minimum Gasteiger partial charge on any atom is -0.459 e. The predicted octanol–water partition coefficient (Wildman–Crippen LogP) is 4.41. The van der Waals surface area contributed by atoms with Crippen LogP contribution in [0.5, 0.6) is 0 Å². The van der Waals surface area contributed by atoms with Gasteiger partial charge in [0.1, 0.15) is 18.7 Å². The molecule has 29 heavy (non-hydrogen) atoms. The van der Waals surface area contributed by atoms with Crippen molar-refractivity contribution in [2.45, 2.75) is 45.0 Å². The number of esters is 1. The molecule has 0 saturated carbocycles. The van der Waals surface area contributed by atoms with Crippen LogP contribution in [0.2, 0.25) is 0 Å². The number of benzene rings is 2. The first kappa shape index (κ1) is 20.4. The monoisotopic (exact) mass is 392 g/mol. The Morgan fingerprint density at radius 1 is 1.14 bits per heavy atom. The fourth-order valence-electron chi connectivity index (χ4n) is 3.60. The summed E-state index contributed by atoms with van der Waals surface area (Å²) in [6.07, 6.45) is 0.464. The van der Waals surface area contributed by atoms with E-state index in [1.54, 1.807) is 0 Å². The average Bonchev–Trinajstić information content (AvgIpc) is 2.74. The summed E-state index contributed by atoms with van der Waals surface area (Å²) in [6.45, 7) is 4.13. The van der Waals surface area contributed by atoms with Gasteiger partial charge in [-0.05, 0) is 29.0 Å². The number of ether oxygens (including phenoxy) is 1. The maximum absolute atomic E-state index is 13.0. The van der Waals surface area contributed by atoms with Crippen molar-refractivity contribution >= 4 is 11.9 Å².